The Hall–Kier alpha value is -1.16. The van der Waals surface area contributed by atoms with E-state index in [1.165, 1.54) is 0 Å². The number of hydrogen-bond donors (Lipinski definition) is 0. The van der Waals surface area contributed by atoms with Gasteiger partial charge in [0.1, 0.15) is 5.75 Å². The molecule has 0 saturated carbocycles. The minimum absolute atomic E-state index is 0.317. The van der Waals surface area contributed by atoms with Gasteiger partial charge in [-0.15, -0.1) is 11.8 Å². The van der Waals surface area contributed by atoms with Crippen LogP contribution >= 0.6 is 11.8 Å². The summed E-state index contributed by atoms with van der Waals surface area (Å²) < 4.78 is 5.15. The number of ether oxygens (including phenoxy) is 1. The maximum atomic E-state index is 11.5. The first-order valence-electron chi connectivity index (χ1n) is 4.79. The van der Waals surface area contributed by atoms with E-state index in [9.17, 15) is 4.79 Å². The van der Waals surface area contributed by atoms with Crippen molar-refractivity contribution in [1.29, 1.82) is 0 Å². The fraction of sp³-hybridized carbons (Fsp3) is 0.364. The maximum absolute atomic E-state index is 11.5. The van der Waals surface area contributed by atoms with Crippen molar-refractivity contribution in [2.45, 2.75) is 6.92 Å². The highest BCUT2D eigenvalue weighted by Crippen LogP contribution is 2.10. The third kappa shape index (κ3) is 4.25. The molecule has 1 aromatic rings. The second kappa shape index (κ2) is 6.35. The van der Waals surface area contributed by atoms with Crippen LogP contribution in [0.2, 0.25) is 0 Å². The summed E-state index contributed by atoms with van der Waals surface area (Å²) in [4.78, 5) is 13.1. The largest absolute Gasteiger partial charge is 0.415 e. The normalized spacial score (nSPS) is 9.73. The van der Waals surface area contributed by atoms with E-state index in [4.69, 9.17) is 4.74 Å². The molecule has 0 spiro atoms. The number of nitrogens with zero attached hydrogens (tertiary/aromatic N) is 1. The highest BCUT2D eigenvalue weighted by Gasteiger charge is 2.09. The Labute approximate surface area is 94.4 Å². The van der Waals surface area contributed by atoms with Gasteiger partial charge in [-0.05, 0) is 17.9 Å². The smallest absolute Gasteiger partial charge is 0.410 e. The molecule has 0 heterocycles. The van der Waals surface area contributed by atoms with E-state index in [1.54, 1.807) is 35.8 Å². The fourth-order valence-corrected chi connectivity index (χ4v) is 1.51. The van der Waals surface area contributed by atoms with E-state index >= 15 is 0 Å². The molecular formula is C11H15NO2S. The Morgan fingerprint density at radius 1 is 1.40 bits per heavy atom. The highest BCUT2D eigenvalue weighted by atomic mass is 32.2. The second-order valence-corrected chi connectivity index (χ2v) is 4.24. The minimum atomic E-state index is -0.317. The molecule has 0 radical (unpaired) electrons. The van der Waals surface area contributed by atoms with Crippen LogP contribution in [0.1, 0.15) is 6.92 Å². The number of para-hydroxylation sites is 1. The average molecular weight is 225 g/mol. The van der Waals surface area contributed by atoms with E-state index in [0.717, 1.165) is 5.75 Å². The first-order chi connectivity index (χ1) is 7.24. The zero-order valence-corrected chi connectivity index (χ0v) is 9.79. The molecule has 15 heavy (non-hydrogen) atoms. The molecule has 0 saturated heterocycles. The van der Waals surface area contributed by atoms with Crippen LogP contribution in [0, 0.1) is 0 Å². The maximum Gasteiger partial charge on any atom is 0.415 e. The highest BCUT2D eigenvalue weighted by molar-refractivity contribution is 7.99. The Kier molecular flexibility index (Phi) is 5.04. The van der Waals surface area contributed by atoms with E-state index in [2.05, 4.69) is 6.92 Å². The van der Waals surface area contributed by atoms with Crippen molar-refractivity contribution in [2.75, 3.05) is 18.7 Å². The van der Waals surface area contributed by atoms with Crippen LogP contribution < -0.4 is 4.74 Å². The molecule has 0 N–H and O–H groups in total. The lowest BCUT2D eigenvalue weighted by Gasteiger charge is -2.15. The van der Waals surface area contributed by atoms with Crippen molar-refractivity contribution in [1.82, 2.24) is 4.90 Å². The second-order valence-electron chi connectivity index (χ2n) is 3.00. The molecule has 4 heteroatoms. The Bertz CT molecular complexity index is 303. The van der Waals surface area contributed by atoms with E-state index in [1.807, 2.05) is 18.2 Å². The van der Waals surface area contributed by atoms with Crippen LogP contribution in [-0.4, -0.2) is 29.7 Å². The van der Waals surface area contributed by atoms with Crippen molar-refractivity contribution >= 4 is 17.9 Å². The summed E-state index contributed by atoms with van der Waals surface area (Å²) in [6, 6.07) is 9.08. The standard InChI is InChI=1S/C11H15NO2S/c1-3-15-9-12(2)11(13)14-10-7-5-4-6-8-10/h4-8H,3,9H2,1-2H3. The van der Waals surface area contributed by atoms with Crippen LogP contribution in [-0.2, 0) is 0 Å². The number of amides is 1. The molecule has 1 amide bonds. The summed E-state index contributed by atoms with van der Waals surface area (Å²) in [7, 11) is 1.73. The Morgan fingerprint density at radius 2 is 2.07 bits per heavy atom. The number of rotatable bonds is 4. The molecule has 0 bridgehead atoms. The van der Waals surface area contributed by atoms with Gasteiger partial charge in [0.2, 0.25) is 0 Å². The Morgan fingerprint density at radius 3 is 2.67 bits per heavy atom. The van der Waals surface area contributed by atoms with Crippen LogP contribution in [0.25, 0.3) is 0 Å². The van der Waals surface area contributed by atoms with Crippen LogP contribution in [0.4, 0.5) is 4.79 Å². The number of carbonyl (C=O) groups is 1. The number of benzene rings is 1. The third-order valence-corrected chi connectivity index (χ3v) is 2.73. The molecule has 0 fully saturated rings. The van der Waals surface area contributed by atoms with Crippen LogP contribution in [0.15, 0.2) is 30.3 Å². The molecule has 0 aliphatic rings. The SMILES string of the molecule is CCSCN(C)C(=O)Oc1ccccc1. The molecule has 1 aromatic carbocycles. The third-order valence-electron chi connectivity index (χ3n) is 1.75. The lowest BCUT2D eigenvalue weighted by molar-refractivity contribution is 0.170. The summed E-state index contributed by atoms with van der Waals surface area (Å²) in [5, 5.41) is 0. The molecular weight excluding hydrogens is 210 g/mol. The van der Waals surface area contributed by atoms with Crippen molar-refractivity contribution in [3.05, 3.63) is 30.3 Å². The van der Waals surface area contributed by atoms with Gasteiger partial charge in [0.15, 0.2) is 0 Å². The van der Waals surface area contributed by atoms with E-state index < -0.39 is 0 Å². The molecule has 0 unspecified atom stereocenters. The molecule has 0 aromatic heterocycles. The van der Waals surface area contributed by atoms with Gasteiger partial charge in [-0.1, -0.05) is 25.1 Å². The fourth-order valence-electron chi connectivity index (χ4n) is 0.948. The molecule has 1 rings (SSSR count). The number of hydrogen-bond acceptors (Lipinski definition) is 3. The molecule has 0 aliphatic heterocycles. The monoisotopic (exact) mass is 225 g/mol. The lowest BCUT2D eigenvalue weighted by atomic mass is 10.3. The van der Waals surface area contributed by atoms with Crippen LogP contribution in [0.5, 0.6) is 5.75 Å². The van der Waals surface area contributed by atoms with Crippen molar-refractivity contribution in [3.63, 3.8) is 0 Å². The van der Waals surface area contributed by atoms with Gasteiger partial charge < -0.3 is 9.64 Å². The van der Waals surface area contributed by atoms with Gasteiger partial charge in [0.25, 0.3) is 0 Å². The first-order valence-corrected chi connectivity index (χ1v) is 5.95. The zero-order valence-electron chi connectivity index (χ0n) is 8.97. The summed E-state index contributed by atoms with van der Waals surface area (Å²) in [6.07, 6.45) is -0.317. The van der Waals surface area contributed by atoms with Gasteiger partial charge >= 0.3 is 6.09 Å². The van der Waals surface area contributed by atoms with Gasteiger partial charge in [-0.25, -0.2) is 4.79 Å². The van der Waals surface area contributed by atoms with Gasteiger partial charge in [-0.2, -0.15) is 0 Å². The molecule has 0 atom stereocenters. The molecule has 82 valence electrons. The number of thioether (sulfide) groups is 1. The van der Waals surface area contributed by atoms with Crippen molar-refractivity contribution in [3.8, 4) is 5.75 Å². The van der Waals surface area contributed by atoms with Crippen molar-refractivity contribution < 1.29 is 9.53 Å². The quantitative estimate of drug-likeness (QED) is 0.738. The zero-order chi connectivity index (χ0) is 11.1. The lowest BCUT2D eigenvalue weighted by Crippen LogP contribution is -2.29. The summed E-state index contributed by atoms with van der Waals surface area (Å²) >= 11 is 1.68. The molecule has 0 aliphatic carbocycles. The Balaban J connectivity index is 2.42. The summed E-state index contributed by atoms with van der Waals surface area (Å²) in [5.41, 5.74) is 0. The predicted molar refractivity (Wildman–Crippen MR) is 63.2 cm³/mol. The van der Waals surface area contributed by atoms with Gasteiger partial charge in [0, 0.05) is 7.05 Å². The predicted octanol–water partition coefficient (Wildman–Crippen LogP) is 2.83. The minimum Gasteiger partial charge on any atom is -0.410 e. The number of carbonyl (C=O) groups excluding carboxylic acids is 1. The topological polar surface area (TPSA) is 29.5 Å². The van der Waals surface area contributed by atoms with Crippen LogP contribution in [0.3, 0.4) is 0 Å². The molecule has 3 nitrogen and oxygen atoms in total. The van der Waals surface area contributed by atoms with Crippen molar-refractivity contribution in [2.24, 2.45) is 0 Å². The van der Waals surface area contributed by atoms with E-state index in [0.29, 0.717) is 11.6 Å². The van der Waals surface area contributed by atoms with E-state index in [-0.39, 0.29) is 6.09 Å². The summed E-state index contributed by atoms with van der Waals surface area (Å²) in [6.45, 7) is 2.06. The average Bonchev–Trinajstić information content (AvgIpc) is 2.27. The van der Waals surface area contributed by atoms with Gasteiger partial charge in [-0.3, -0.25) is 0 Å². The van der Waals surface area contributed by atoms with Gasteiger partial charge in [0.05, 0.1) is 5.88 Å². The first kappa shape index (κ1) is 11.9. The summed E-state index contributed by atoms with van der Waals surface area (Å²) in [5.74, 6) is 2.22.